The average molecular weight is 308 g/mol. The van der Waals surface area contributed by atoms with Gasteiger partial charge < -0.3 is 23.7 Å². The highest BCUT2D eigenvalue weighted by Gasteiger charge is 2.38. The van der Waals surface area contributed by atoms with Crippen LogP contribution in [0.4, 0.5) is 0 Å². The van der Waals surface area contributed by atoms with Crippen molar-refractivity contribution in [3.05, 3.63) is 48.2 Å². The molecule has 0 aromatic heterocycles. The van der Waals surface area contributed by atoms with Crippen LogP contribution >= 0.6 is 0 Å². The summed E-state index contributed by atoms with van der Waals surface area (Å²) in [4.78, 5) is 12.2. The van der Waals surface area contributed by atoms with Gasteiger partial charge in [0.1, 0.15) is 18.7 Å². The lowest BCUT2D eigenvalue weighted by atomic mass is 10.1. The number of benzene rings is 1. The molecule has 6 heteroatoms. The molecular formula is C16H20O6. The van der Waals surface area contributed by atoms with E-state index in [0.29, 0.717) is 17.7 Å². The van der Waals surface area contributed by atoms with Crippen molar-refractivity contribution in [3.8, 4) is 0 Å². The van der Waals surface area contributed by atoms with E-state index in [4.69, 9.17) is 23.7 Å². The van der Waals surface area contributed by atoms with E-state index in [1.54, 1.807) is 24.3 Å². The van der Waals surface area contributed by atoms with Crippen LogP contribution in [0.3, 0.4) is 0 Å². The van der Waals surface area contributed by atoms with E-state index < -0.39 is 24.5 Å². The molecule has 0 radical (unpaired) electrons. The van der Waals surface area contributed by atoms with Crippen LogP contribution in [-0.2, 0) is 23.7 Å². The zero-order valence-electron chi connectivity index (χ0n) is 12.7. The minimum Gasteiger partial charge on any atom is -0.463 e. The summed E-state index contributed by atoms with van der Waals surface area (Å²) in [5.74, 6) is -0.00911. The molecule has 1 saturated heterocycles. The van der Waals surface area contributed by atoms with Gasteiger partial charge in [-0.3, -0.25) is 0 Å². The molecule has 0 saturated carbocycles. The molecule has 0 unspecified atom stereocenters. The summed E-state index contributed by atoms with van der Waals surface area (Å²) in [6.45, 7) is 3.90. The monoisotopic (exact) mass is 308 g/mol. The molecule has 1 heterocycles. The summed E-state index contributed by atoms with van der Waals surface area (Å²) >= 11 is 0. The second kappa shape index (κ2) is 7.93. The quantitative estimate of drug-likeness (QED) is 0.592. The lowest BCUT2D eigenvalue weighted by Crippen LogP contribution is -2.44. The van der Waals surface area contributed by atoms with Crippen molar-refractivity contribution in [1.82, 2.24) is 0 Å². The minimum absolute atomic E-state index is 0.101. The third kappa shape index (κ3) is 4.07. The number of methoxy groups -OCH3 is 2. The van der Waals surface area contributed by atoms with Gasteiger partial charge in [0, 0.05) is 20.6 Å². The first-order valence-corrected chi connectivity index (χ1v) is 6.90. The second-order valence-electron chi connectivity index (χ2n) is 4.80. The summed E-state index contributed by atoms with van der Waals surface area (Å²) in [5, 5.41) is 0. The normalized spacial score (nSPS) is 24.6. The molecule has 1 aromatic carbocycles. The van der Waals surface area contributed by atoms with Crippen LogP contribution in [0.15, 0.2) is 42.7 Å². The fourth-order valence-electron chi connectivity index (χ4n) is 2.15. The Morgan fingerprint density at radius 1 is 1.32 bits per heavy atom. The number of hydrogen-bond acceptors (Lipinski definition) is 6. The van der Waals surface area contributed by atoms with Crippen molar-refractivity contribution in [1.29, 1.82) is 0 Å². The van der Waals surface area contributed by atoms with Crippen molar-refractivity contribution >= 4 is 5.97 Å². The molecule has 1 fully saturated rings. The van der Waals surface area contributed by atoms with Gasteiger partial charge in [0.2, 0.25) is 6.29 Å². The summed E-state index contributed by atoms with van der Waals surface area (Å²) in [5.41, 5.74) is 0.469. The molecule has 3 atom stereocenters. The maximum absolute atomic E-state index is 12.2. The van der Waals surface area contributed by atoms with Gasteiger partial charge in [-0.25, -0.2) is 4.79 Å². The van der Waals surface area contributed by atoms with Crippen LogP contribution in [0.1, 0.15) is 16.8 Å². The van der Waals surface area contributed by atoms with Crippen LogP contribution in [0.25, 0.3) is 0 Å². The van der Waals surface area contributed by atoms with E-state index >= 15 is 0 Å². The van der Waals surface area contributed by atoms with Crippen LogP contribution in [0, 0.1) is 0 Å². The Bertz CT molecular complexity index is 501. The van der Waals surface area contributed by atoms with Gasteiger partial charge in [-0.2, -0.15) is 0 Å². The van der Waals surface area contributed by atoms with E-state index in [0.717, 1.165) is 0 Å². The highest BCUT2D eigenvalue weighted by molar-refractivity contribution is 5.89. The topological polar surface area (TPSA) is 63.2 Å². The van der Waals surface area contributed by atoms with Gasteiger partial charge in [0.05, 0.1) is 5.56 Å². The van der Waals surface area contributed by atoms with Gasteiger partial charge in [0.25, 0.3) is 0 Å². The summed E-state index contributed by atoms with van der Waals surface area (Å²) < 4.78 is 26.6. The third-order valence-corrected chi connectivity index (χ3v) is 3.26. The highest BCUT2D eigenvalue weighted by atomic mass is 16.7. The molecule has 2 rings (SSSR count). The predicted octanol–water partition coefficient (Wildman–Crippen LogP) is 2.11. The molecule has 6 nitrogen and oxygen atoms in total. The van der Waals surface area contributed by atoms with E-state index in [2.05, 4.69) is 6.58 Å². The van der Waals surface area contributed by atoms with Gasteiger partial charge in [-0.05, 0) is 12.1 Å². The fraction of sp³-hybridized carbons (Fsp3) is 0.438. The van der Waals surface area contributed by atoms with E-state index in [-0.39, 0.29) is 6.79 Å². The Hall–Kier alpha value is -1.89. The maximum Gasteiger partial charge on any atom is 0.338 e. The Balaban J connectivity index is 2.02. The van der Waals surface area contributed by atoms with Gasteiger partial charge in [-0.15, -0.1) is 0 Å². The summed E-state index contributed by atoms with van der Waals surface area (Å²) in [6.07, 6.45) is -1.33. The zero-order chi connectivity index (χ0) is 15.9. The number of carbonyl (C=O) groups excluding carboxylic acids is 1. The van der Waals surface area contributed by atoms with E-state index in [1.165, 1.54) is 14.2 Å². The lowest BCUT2D eigenvalue weighted by molar-refractivity contribution is -0.211. The van der Waals surface area contributed by atoms with Crippen molar-refractivity contribution in [2.24, 2.45) is 0 Å². The fourth-order valence-corrected chi connectivity index (χ4v) is 2.15. The number of rotatable bonds is 6. The number of ether oxygens (including phenoxy) is 5. The first-order chi connectivity index (χ1) is 10.7. The molecule has 0 spiro atoms. The second-order valence-corrected chi connectivity index (χ2v) is 4.80. The summed E-state index contributed by atoms with van der Waals surface area (Å²) in [7, 11) is 3.01. The predicted molar refractivity (Wildman–Crippen MR) is 78.0 cm³/mol. The van der Waals surface area contributed by atoms with Crippen LogP contribution in [-0.4, -0.2) is 45.5 Å². The number of hydrogen-bond donors (Lipinski definition) is 0. The van der Waals surface area contributed by atoms with Crippen LogP contribution in [0.2, 0.25) is 0 Å². The molecule has 120 valence electrons. The smallest absolute Gasteiger partial charge is 0.338 e. The lowest BCUT2D eigenvalue weighted by Gasteiger charge is -2.36. The number of esters is 1. The Morgan fingerprint density at radius 2 is 2.05 bits per heavy atom. The Kier molecular flexibility index (Phi) is 5.94. The van der Waals surface area contributed by atoms with Gasteiger partial charge >= 0.3 is 5.97 Å². The SMILES string of the molecule is C=C1O[C@H](OC)[C@@H](OC(=O)c2ccccc2)C[C@H]1OCOC. The van der Waals surface area contributed by atoms with Crippen LogP contribution in [0.5, 0.6) is 0 Å². The van der Waals surface area contributed by atoms with Crippen LogP contribution < -0.4 is 0 Å². The van der Waals surface area contributed by atoms with E-state index in [9.17, 15) is 4.79 Å². The van der Waals surface area contributed by atoms with Gasteiger partial charge in [0.15, 0.2) is 6.10 Å². The highest BCUT2D eigenvalue weighted by Crippen LogP contribution is 2.27. The molecule has 1 aliphatic rings. The third-order valence-electron chi connectivity index (χ3n) is 3.26. The molecule has 1 aliphatic heterocycles. The molecule has 1 aromatic rings. The van der Waals surface area contributed by atoms with E-state index in [1.807, 2.05) is 6.07 Å². The van der Waals surface area contributed by atoms with Crippen molar-refractivity contribution in [2.75, 3.05) is 21.0 Å². The zero-order valence-corrected chi connectivity index (χ0v) is 12.7. The van der Waals surface area contributed by atoms with Crippen molar-refractivity contribution in [3.63, 3.8) is 0 Å². The maximum atomic E-state index is 12.2. The van der Waals surface area contributed by atoms with Gasteiger partial charge in [-0.1, -0.05) is 24.8 Å². The molecule has 0 aliphatic carbocycles. The Morgan fingerprint density at radius 3 is 2.68 bits per heavy atom. The minimum atomic E-state index is -0.706. The largest absolute Gasteiger partial charge is 0.463 e. The van der Waals surface area contributed by atoms with Crippen molar-refractivity contribution < 1.29 is 28.5 Å². The number of carbonyl (C=O) groups is 1. The molecule has 0 amide bonds. The molecule has 0 N–H and O–H groups in total. The first kappa shape index (κ1) is 16.5. The van der Waals surface area contributed by atoms with Crippen molar-refractivity contribution in [2.45, 2.75) is 24.9 Å². The average Bonchev–Trinajstić information content (AvgIpc) is 2.55. The molecular weight excluding hydrogens is 288 g/mol. The summed E-state index contributed by atoms with van der Waals surface area (Å²) in [6, 6.07) is 8.75. The first-order valence-electron chi connectivity index (χ1n) is 6.90. The standard InChI is InChI=1S/C16H20O6/c1-11-13(20-10-18-2)9-14(16(19-3)21-11)22-15(17)12-7-5-4-6-8-12/h4-8,13-14,16H,1,9-10H2,2-3H3/t13-,14+,16+/m1/s1. The molecule has 22 heavy (non-hydrogen) atoms. The molecule has 0 bridgehead atoms. The Labute approximate surface area is 129 Å².